The minimum atomic E-state index is -0.142. The molecule has 8 aliphatic carbocycles. The number of hydrogen-bond acceptors (Lipinski definition) is 5. The molecule has 0 amide bonds. The van der Waals surface area contributed by atoms with Crippen LogP contribution in [0.1, 0.15) is 137 Å². The Labute approximate surface area is 312 Å². The van der Waals surface area contributed by atoms with E-state index in [0.29, 0.717) is 35.5 Å². The number of pyridine rings is 1. The number of rotatable bonds is 4. The number of nitrogens with zero attached hydrogens (tertiary/aromatic N) is 1. The number of allylic oxidation sites excluding steroid dienone is 6. The second kappa shape index (κ2) is 12.3. The van der Waals surface area contributed by atoms with Gasteiger partial charge in [0.1, 0.15) is 12.2 Å². The largest absolute Gasteiger partial charge is 0.462 e. The number of hydrogen-bond donors (Lipinski definition) is 0. The third-order valence-electron chi connectivity index (χ3n) is 17.3. The van der Waals surface area contributed by atoms with Crippen LogP contribution in [-0.4, -0.2) is 29.1 Å². The van der Waals surface area contributed by atoms with E-state index < -0.39 is 0 Å². The third kappa shape index (κ3) is 5.09. The summed E-state index contributed by atoms with van der Waals surface area (Å²) in [6.07, 6.45) is 28.0. The fourth-order valence-corrected chi connectivity index (χ4v) is 14.9. The Hall–Kier alpha value is -2.95. The number of esters is 2. The number of carbonyl (C=O) groups excluding carboxylic acids is 2. The van der Waals surface area contributed by atoms with E-state index in [1.807, 2.05) is 6.20 Å². The van der Waals surface area contributed by atoms with Crippen LogP contribution in [0.4, 0.5) is 0 Å². The molecule has 9 rings (SSSR count). The van der Waals surface area contributed by atoms with Gasteiger partial charge in [-0.2, -0.15) is 0 Å². The molecule has 4 saturated carbocycles. The van der Waals surface area contributed by atoms with Crippen LogP contribution >= 0.6 is 0 Å². The first-order valence-electron chi connectivity index (χ1n) is 20.9. The predicted octanol–water partition coefficient (Wildman–Crippen LogP) is 10.8. The van der Waals surface area contributed by atoms with E-state index >= 15 is 0 Å². The molecule has 0 saturated heterocycles. The normalized spacial score (nSPS) is 44.8. The fourth-order valence-electron chi connectivity index (χ4n) is 14.9. The number of ether oxygens (including phenoxy) is 2. The Morgan fingerprint density at radius 2 is 1.21 bits per heavy atom. The molecule has 0 radical (unpaired) electrons. The van der Waals surface area contributed by atoms with E-state index in [0.717, 1.165) is 44.9 Å². The molecule has 1 aromatic heterocycles. The van der Waals surface area contributed by atoms with Gasteiger partial charge in [0.05, 0.1) is 0 Å². The van der Waals surface area contributed by atoms with Crippen LogP contribution in [0.3, 0.4) is 0 Å². The van der Waals surface area contributed by atoms with Gasteiger partial charge in [-0.3, -0.25) is 14.6 Å². The highest BCUT2D eigenvalue weighted by Gasteiger charge is 2.62. The molecular formula is C47H61NO4. The maximum absolute atomic E-state index is 11.8. The lowest BCUT2D eigenvalue weighted by Gasteiger charge is -2.58. The summed E-state index contributed by atoms with van der Waals surface area (Å²) in [6, 6.07) is 4.51. The van der Waals surface area contributed by atoms with Crippen molar-refractivity contribution in [2.75, 3.05) is 0 Å². The summed E-state index contributed by atoms with van der Waals surface area (Å²) in [6.45, 7) is 13.5. The first-order chi connectivity index (χ1) is 24.8. The molecule has 1 heterocycles. The van der Waals surface area contributed by atoms with Crippen LogP contribution in [-0.2, 0) is 19.1 Å². The zero-order valence-corrected chi connectivity index (χ0v) is 32.6. The molecule has 0 aromatic carbocycles. The smallest absolute Gasteiger partial charge is 0.302 e. The molecule has 3 unspecified atom stereocenters. The standard InChI is InChI=1S/C47H61NO4/c1-28(49)51-33-15-19-44(3)31(24-33)9-11-35-38-13-14-39(46(38,5)21-17-40(35)44)37-26-42-36-12-10-32-25-34(52-29(2)50)16-20-45(32,4)41(36)18-22-47(42,6)43(37)30-8-7-23-48-27-30/h7-10,14,23,27,33-36,38,40-42H,11-13,15-22,24-26H2,1-6H3/t33-,34-,35?,36+,38?,40?,41-,42-,44-,45-,46-,47-/m0/s1. The number of aromatic nitrogens is 1. The Bertz CT molecular complexity index is 1790. The molecule has 1 aromatic rings. The summed E-state index contributed by atoms with van der Waals surface area (Å²) in [7, 11) is 0. The van der Waals surface area contributed by atoms with Crippen molar-refractivity contribution in [1.29, 1.82) is 0 Å². The van der Waals surface area contributed by atoms with E-state index in [-0.39, 0.29) is 45.8 Å². The molecule has 8 aliphatic rings. The molecule has 278 valence electrons. The van der Waals surface area contributed by atoms with Crippen LogP contribution in [0, 0.1) is 57.2 Å². The van der Waals surface area contributed by atoms with Crippen molar-refractivity contribution in [3.05, 3.63) is 70.6 Å². The summed E-state index contributed by atoms with van der Waals surface area (Å²) >= 11 is 0. The molecule has 5 heteroatoms. The van der Waals surface area contributed by atoms with Gasteiger partial charge in [-0.25, -0.2) is 0 Å². The van der Waals surface area contributed by atoms with Gasteiger partial charge in [0.15, 0.2) is 0 Å². The summed E-state index contributed by atoms with van der Waals surface area (Å²) in [4.78, 5) is 28.4. The topological polar surface area (TPSA) is 65.5 Å². The van der Waals surface area contributed by atoms with E-state index in [1.165, 1.54) is 50.5 Å². The Morgan fingerprint density at radius 1 is 0.654 bits per heavy atom. The van der Waals surface area contributed by atoms with Gasteiger partial charge in [0.25, 0.3) is 0 Å². The van der Waals surface area contributed by atoms with Gasteiger partial charge in [-0.15, -0.1) is 0 Å². The van der Waals surface area contributed by atoms with Crippen molar-refractivity contribution in [2.24, 2.45) is 57.2 Å². The van der Waals surface area contributed by atoms with Gasteiger partial charge < -0.3 is 9.47 Å². The van der Waals surface area contributed by atoms with Crippen LogP contribution in [0.15, 0.2) is 65.0 Å². The zero-order chi connectivity index (χ0) is 36.2. The van der Waals surface area contributed by atoms with Crippen LogP contribution < -0.4 is 0 Å². The second-order valence-electron chi connectivity index (χ2n) is 19.5. The SMILES string of the molecule is CC(=O)O[C@H]1CC[C@@]2(C)C(=CCC3C2CC[C@]2(C)C(C4=C(c5cccnc5)[C@@]5(C)CC[C@H]6[C@@H](CC=C7C[C@@H](OC(C)=O)CC[C@@]76C)[C@@H]5C4)=CCC32)C1. The first kappa shape index (κ1) is 34.8. The van der Waals surface area contributed by atoms with Gasteiger partial charge in [0, 0.05) is 39.1 Å². The Balaban J connectivity index is 1.03. The van der Waals surface area contributed by atoms with E-state index in [4.69, 9.17) is 14.5 Å². The summed E-state index contributed by atoms with van der Waals surface area (Å²) < 4.78 is 11.5. The highest BCUT2D eigenvalue weighted by atomic mass is 16.5. The summed E-state index contributed by atoms with van der Waals surface area (Å²) in [5.74, 6) is 3.81. The average Bonchev–Trinajstić information content (AvgIpc) is 3.62. The van der Waals surface area contributed by atoms with Crippen molar-refractivity contribution < 1.29 is 19.1 Å². The molecule has 12 atom stereocenters. The van der Waals surface area contributed by atoms with E-state index in [9.17, 15) is 9.59 Å². The summed E-state index contributed by atoms with van der Waals surface area (Å²) in [5.41, 5.74) is 10.3. The minimum absolute atomic E-state index is 0.0434. The molecule has 4 fully saturated rings. The molecule has 52 heavy (non-hydrogen) atoms. The van der Waals surface area contributed by atoms with E-state index in [2.05, 4.69) is 64.3 Å². The maximum atomic E-state index is 11.8. The highest BCUT2D eigenvalue weighted by Crippen LogP contribution is 2.72. The number of carbonyl (C=O) groups is 2. The van der Waals surface area contributed by atoms with Crippen molar-refractivity contribution in [3.8, 4) is 0 Å². The van der Waals surface area contributed by atoms with Gasteiger partial charge in [-0.1, -0.05) is 63.1 Å². The quantitative estimate of drug-likeness (QED) is 0.231. The van der Waals surface area contributed by atoms with Crippen LogP contribution in [0.25, 0.3) is 5.57 Å². The second-order valence-corrected chi connectivity index (χ2v) is 19.5. The lowest BCUT2D eigenvalue weighted by atomic mass is 9.47. The van der Waals surface area contributed by atoms with Gasteiger partial charge in [-0.05, 0) is 163 Å². The molecule has 5 nitrogen and oxygen atoms in total. The monoisotopic (exact) mass is 703 g/mol. The Kier molecular flexibility index (Phi) is 8.22. The summed E-state index contributed by atoms with van der Waals surface area (Å²) in [5, 5.41) is 0. The number of fused-ring (bicyclic) bond motifs is 10. The van der Waals surface area contributed by atoms with Crippen LogP contribution in [0.2, 0.25) is 0 Å². The fraction of sp³-hybridized carbons (Fsp3) is 0.681. The first-order valence-corrected chi connectivity index (χ1v) is 20.9. The highest BCUT2D eigenvalue weighted by molar-refractivity contribution is 5.80. The molecule has 0 N–H and O–H groups in total. The third-order valence-corrected chi connectivity index (χ3v) is 17.3. The zero-order valence-electron chi connectivity index (χ0n) is 32.6. The van der Waals surface area contributed by atoms with Crippen molar-refractivity contribution in [2.45, 2.75) is 144 Å². The van der Waals surface area contributed by atoms with Crippen LogP contribution in [0.5, 0.6) is 0 Å². The van der Waals surface area contributed by atoms with Crippen molar-refractivity contribution >= 4 is 17.5 Å². The maximum Gasteiger partial charge on any atom is 0.302 e. The molecule has 0 spiro atoms. The average molecular weight is 704 g/mol. The lowest BCUT2D eigenvalue weighted by Crippen LogP contribution is -2.50. The van der Waals surface area contributed by atoms with Crippen molar-refractivity contribution in [1.82, 2.24) is 4.98 Å². The van der Waals surface area contributed by atoms with E-state index in [1.54, 1.807) is 41.7 Å². The lowest BCUT2D eigenvalue weighted by molar-refractivity contribution is -0.149. The molecular weight excluding hydrogens is 643 g/mol. The van der Waals surface area contributed by atoms with Crippen molar-refractivity contribution in [3.63, 3.8) is 0 Å². The van der Waals surface area contributed by atoms with Gasteiger partial charge >= 0.3 is 11.9 Å². The molecule has 0 bridgehead atoms. The predicted molar refractivity (Wildman–Crippen MR) is 205 cm³/mol. The van der Waals surface area contributed by atoms with Gasteiger partial charge in [0.2, 0.25) is 0 Å². The Morgan fingerprint density at radius 3 is 1.77 bits per heavy atom. The molecule has 0 aliphatic heterocycles. The minimum Gasteiger partial charge on any atom is -0.462 e.